The lowest BCUT2D eigenvalue weighted by atomic mass is 10.2. The Morgan fingerprint density at radius 2 is 2.57 bits per heavy atom. The zero-order chi connectivity index (χ0) is 9.80. The van der Waals surface area contributed by atoms with Crippen LogP contribution in [0.1, 0.15) is 25.1 Å². The molecular weight excluding hydrogens is 202 g/mol. The summed E-state index contributed by atoms with van der Waals surface area (Å²) in [5, 5.41) is 4.11. The second kappa shape index (κ2) is 4.75. The van der Waals surface area contributed by atoms with Gasteiger partial charge in [-0.2, -0.15) is 5.10 Å². The van der Waals surface area contributed by atoms with Crippen molar-refractivity contribution in [2.45, 2.75) is 37.8 Å². The van der Waals surface area contributed by atoms with E-state index >= 15 is 0 Å². The minimum atomic E-state index is 0.405. The molecule has 1 fully saturated rings. The highest BCUT2D eigenvalue weighted by Gasteiger charge is 2.15. The van der Waals surface area contributed by atoms with Crippen LogP contribution in [0, 0.1) is 0 Å². The Balaban J connectivity index is 1.84. The third kappa shape index (κ3) is 2.25. The van der Waals surface area contributed by atoms with Crippen molar-refractivity contribution in [3.63, 3.8) is 0 Å². The van der Waals surface area contributed by atoms with Crippen LogP contribution in [-0.2, 0) is 17.2 Å². The molecule has 0 spiro atoms. The fourth-order valence-electron chi connectivity index (χ4n) is 1.72. The lowest BCUT2D eigenvalue weighted by molar-refractivity contribution is 0.0992. The van der Waals surface area contributed by atoms with Crippen LogP contribution < -0.4 is 0 Å². The molecule has 0 aliphatic carbocycles. The number of hydrogen-bond donors (Lipinski definition) is 0. The molecule has 2 heterocycles. The number of aromatic nitrogens is 3. The van der Waals surface area contributed by atoms with E-state index in [2.05, 4.69) is 10.1 Å². The van der Waals surface area contributed by atoms with Gasteiger partial charge >= 0.3 is 0 Å². The number of alkyl halides is 1. The zero-order valence-electron chi connectivity index (χ0n) is 8.03. The maximum absolute atomic E-state index is 5.71. The van der Waals surface area contributed by atoms with Crippen molar-refractivity contribution in [2.24, 2.45) is 0 Å². The van der Waals surface area contributed by atoms with Gasteiger partial charge in [0.15, 0.2) is 0 Å². The van der Waals surface area contributed by atoms with Gasteiger partial charge in [-0.05, 0) is 19.3 Å². The van der Waals surface area contributed by atoms with Gasteiger partial charge in [0.05, 0.1) is 12.0 Å². The number of hydrogen-bond acceptors (Lipinski definition) is 3. The molecule has 0 N–H and O–H groups in total. The zero-order valence-corrected chi connectivity index (χ0v) is 8.78. The van der Waals surface area contributed by atoms with E-state index in [9.17, 15) is 0 Å². The van der Waals surface area contributed by atoms with Gasteiger partial charge in [-0.25, -0.2) is 9.67 Å². The van der Waals surface area contributed by atoms with Crippen molar-refractivity contribution in [3.8, 4) is 0 Å². The van der Waals surface area contributed by atoms with Gasteiger partial charge in [0, 0.05) is 13.2 Å². The molecule has 1 atom stereocenters. The first-order valence-electron chi connectivity index (χ1n) is 4.94. The third-order valence-corrected chi connectivity index (χ3v) is 2.74. The van der Waals surface area contributed by atoms with Crippen LogP contribution in [0.5, 0.6) is 0 Å². The predicted octanol–water partition coefficient (Wildman–Crippen LogP) is 1.59. The first-order valence-corrected chi connectivity index (χ1v) is 5.48. The standard InChI is InChI=1S/C9H14ClN3O/c10-6-9-11-7-12-13(9)4-3-8-2-1-5-14-8/h7-8H,1-6H2. The topological polar surface area (TPSA) is 39.9 Å². The number of aryl methyl sites for hydroxylation is 1. The lowest BCUT2D eigenvalue weighted by Gasteiger charge is -2.09. The van der Waals surface area contributed by atoms with E-state index < -0.39 is 0 Å². The number of ether oxygens (including phenoxy) is 1. The molecule has 0 aromatic carbocycles. The molecule has 14 heavy (non-hydrogen) atoms. The van der Waals surface area contributed by atoms with Crippen molar-refractivity contribution in [1.82, 2.24) is 14.8 Å². The summed E-state index contributed by atoms with van der Waals surface area (Å²) in [5.74, 6) is 1.26. The molecule has 1 aliphatic rings. The number of rotatable bonds is 4. The van der Waals surface area contributed by atoms with Crippen LogP contribution in [0.4, 0.5) is 0 Å². The molecule has 78 valence electrons. The van der Waals surface area contributed by atoms with Crippen molar-refractivity contribution in [2.75, 3.05) is 6.61 Å². The molecule has 0 bridgehead atoms. The largest absolute Gasteiger partial charge is 0.378 e. The van der Waals surface area contributed by atoms with E-state index in [4.69, 9.17) is 16.3 Å². The van der Waals surface area contributed by atoms with Gasteiger partial charge < -0.3 is 4.74 Å². The van der Waals surface area contributed by atoms with Crippen molar-refractivity contribution in [1.29, 1.82) is 0 Å². The van der Waals surface area contributed by atoms with Crippen LogP contribution in [0.3, 0.4) is 0 Å². The summed E-state index contributed by atoms with van der Waals surface area (Å²) in [6, 6.07) is 0. The van der Waals surface area contributed by atoms with E-state index in [1.165, 1.54) is 12.8 Å². The smallest absolute Gasteiger partial charge is 0.141 e. The van der Waals surface area contributed by atoms with E-state index in [-0.39, 0.29) is 0 Å². The molecular formula is C9H14ClN3O. The SMILES string of the molecule is ClCc1ncnn1CCC1CCCO1. The Labute approximate surface area is 88.2 Å². The molecule has 1 aromatic heterocycles. The highest BCUT2D eigenvalue weighted by atomic mass is 35.5. The molecule has 2 rings (SSSR count). The van der Waals surface area contributed by atoms with Gasteiger partial charge in [-0.15, -0.1) is 11.6 Å². The van der Waals surface area contributed by atoms with Crippen LogP contribution >= 0.6 is 11.6 Å². The quantitative estimate of drug-likeness (QED) is 0.717. The molecule has 0 amide bonds. The first-order chi connectivity index (χ1) is 6.90. The molecule has 1 unspecified atom stereocenters. The minimum absolute atomic E-state index is 0.405. The van der Waals surface area contributed by atoms with Gasteiger partial charge in [-0.3, -0.25) is 0 Å². The summed E-state index contributed by atoms with van der Waals surface area (Å²) < 4.78 is 7.39. The summed E-state index contributed by atoms with van der Waals surface area (Å²) in [5.41, 5.74) is 0. The van der Waals surface area contributed by atoms with Crippen LogP contribution in [0.2, 0.25) is 0 Å². The van der Waals surface area contributed by atoms with E-state index in [0.717, 1.165) is 25.4 Å². The Hall–Kier alpha value is -0.610. The predicted molar refractivity (Wildman–Crippen MR) is 53.2 cm³/mol. The highest BCUT2D eigenvalue weighted by Crippen LogP contribution is 2.16. The fraction of sp³-hybridized carbons (Fsp3) is 0.778. The van der Waals surface area contributed by atoms with Gasteiger partial charge in [0.1, 0.15) is 12.2 Å². The first kappa shape index (κ1) is 9.93. The minimum Gasteiger partial charge on any atom is -0.378 e. The van der Waals surface area contributed by atoms with Crippen LogP contribution in [0.25, 0.3) is 0 Å². The van der Waals surface area contributed by atoms with E-state index in [1.54, 1.807) is 6.33 Å². The summed E-state index contributed by atoms with van der Waals surface area (Å²) in [6.45, 7) is 1.76. The maximum atomic E-state index is 5.71. The van der Waals surface area contributed by atoms with Crippen LogP contribution in [-0.4, -0.2) is 27.5 Å². The molecule has 1 aromatic rings. The Morgan fingerprint density at radius 1 is 1.64 bits per heavy atom. The maximum Gasteiger partial charge on any atom is 0.141 e. The van der Waals surface area contributed by atoms with Crippen molar-refractivity contribution in [3.05, 3.63) is 12.2 Å². The second-order valence-electron chi connectivity index (χ2n) is 3.46. The average molecular weight is 216 g/mol. The summed E-state index contributed by atoms with van der Waals surface area (Å²) in [7, 11) is 0. The van der Waals surface area contributed by atoms with Crippen molar-refractivity contribution < 1.29 is 4.74 Å². The molecule has 4 nitrogen and oxygen atoms in total. The normalized spacial score (nSPS) is 21.6. The number of nitrogens with zero attached hydrogens (tertiary/aromatic N) is 3. The monoisotopic (exact) mass is 215 g/mol. The van der Waals surface area contributed by atoms with Crippen molar-refractivity contribution >= 4 is 11.6 Å². The second-order valence-corrected chi connectivity index (χ2v) is 3.72. The van der Waals surface area contributed by atoms with E-state index in [0.29, 0.717) is 12.0 Å². The Bertz CT molecular complexity index is 283. The van der Waals surface area contributed by atoms with Gasteiger partial charge in [-0.1, -0.05) is 0 Å². The summed E-state index contributed by atoms with van der Waals surface area (Å²) in [4.78, 5) is 4.06. The molecule has 0 saturated carbocycles. The van der Waals surface area contributed by atoms with E-state index in [1.807, 2.05) is 4.68 Å². The fourth-order valence-corrected chi connectivity index (χ4v) is 1.92. The summed E-state index contributed by atoms with van der Waals surface area (Å²) >= 11 is 5.71. The Kier molecular flexibility index (Phi) is 3.37. The molecule has 1 aliphatic heterocycles. The lowest BCUT2D eigenvalue weighted by Crippen LogP contribution is -2.12. The Morgan fingerprint density at radius 3 is 3.29 bits per heavy atom. The average Bonchev–Trinajstić information content (AvgIpc) is 2.85. The van der Waals surface area contributed by atoms with Gasteiger partial charge in [0.25, 0.3) is 0 Å². The molecule has 0 radical (unpaired) electrons. The third-order valence-electron chi connectivity index (χ3n) is 2.50. The molecule has 5 heteroatoms. The number of halogens is 1. The van der Waals surface area contributed by atoms with Gasteiger partial charge in [0.2, 0.25) is 0 Å². The summed E-state index contributed by atoms with van der Waals surface area (Å²) in [6.07, 6.45) is 5.32. The van der Waals surface area contributed by atoms with Crippen LogP contribution in [0.15, 0.2) is 6.33 Å². The highest BCUT2D eigenvalue weighted by molar-refractivity contribution is 6.16. The molecule has 1 saturated heterocycles.